The van der Waals surface area contributed by atoms with Crippen LogP contribution in [0.4, 0.5) is 0 Å². The van der Waals surface area contributed by atoms with Crippen molar-refractivity contribution in [1.82, 2.24) is 5.43 Å². The first-order chi connectivity index (χ1) is 9.61. The van der Waals surface area contributed by atoms with Gasteiger partial charge in [-0.25, -0.2) is 5.84 Å². The van der Waals surface area contributed by atoms with E-state index in [0.717, 1.165) is 10.5 Å². The molecule has 3 N–H and O–H groups in total. The average molecular weight is 288 g/mol. The molecule has 1 aromatic carbocycles. The Kier molecular flexibility index (Phi) is 4.55. The monoisotopic (exact) mass is 288 g/mol. The summed E-state index contributed by atoms with van der Waals surface area (Å²) in [6.07, 6.45) is 0. The summed E-state index contributed by atoms with van der Waals surface area (Å²) in [6.45, 7) is 3.86. The van der Waals surface area contributed by atoms with Crippen LogP contribution in [0.25, 0.3) is 5.57 Å². The van der Waals surface area contributed by atoms with Gasteiger partial charge in [0, 0.05) is 15.3 Å². The van der Waals surface area contributed by atoms with Crippen molar-refractivity contribution in [2.45, 2.75) is 13.8 Å². The number of hydrogen-bond donors (Lipinski definition) is 2. The lowest BCUT2D eigenvalue weighted by atomic mass is 10.2. The molecule has 0 saturated carbocycles. The number of benzene rings is 1. The van der Waals surface area contributed by atoms with Gasteiger partial charge in [-0.3, -0.25) is 10.2 Å². The van der Waals surface area contributed by atoms with E-state index >= 15 is 0 Å². The largest absolute Gasteiger partial charge is 0.451 e. The number of thiophene rings is 1. The van der Waals surface area contributed by atoms with Crippen LogP contribution in [0.3, 0.4) is 0 Å². The predicted molar refractivity (Wildman–Crippen MR) is 81.1 cm³/mol. The van der Waals surface area contributed by atoms with Crippen LogP contribution in [-0.2, 0) is 4.79 Å². The van der Waals surface area contributed by atoms with Gasteiger partial charge in [-0.1, -0.05) is 18.2 Å². The van der Waals surface area contributed by atoms with Crippen molar-refractivity contribution in [1.29, 1.82) is 0 Å². The average Bonchev–Trinajstić information content (AvgIpc) is 2.91. The van der Waals surface area contributed by atoms with Crippen LogP contribution in [0.1, 0.15) is 16.7 Å². The lowest BCUT2D eigenvalue weighted by Crippen LogP contribution is -2.33. The van der Waals surface area contributed by atoms with Gasteiger partial charge in [0.05, 0.1) is 0 Å². The molecule has 1 aromatic heterocycles. The van der Waals surface area contributed by atoms with Crippen molar-refractivity contribution in [2.75, 3.05) is 0 Å². The summed E-state index contributed by atoms with van der Waals surface area (Å²) in [5, 5.41) is 0. The van der Waals surface area contributed by atoms with Crippen molar-refractivity contribution in [3.63, 3.8) is 0 Å². The van der Waals surface area contributed by atoms with Crippen molar-refractivity contribution >= 4 is 22.8 Å². The van der Waals surface area contributed by atoms with E-state index in [-0.39, 0.29) is 5.76 Å². The van der Waals surface area contributed by atoms with E-state index < -0.39 is 5.91 Å². The summed E-state index contributed by atoms with van der Waals surface area (Å²) in [5.74, 6) is 5.60. The van der Waals surface area contributed by atoms with Crippen LogP contribution in [0.2, 0.25) is 0 Å². The van der Waals surface area contributed by atoms with Gasteiger partial charge in [-0.2, -0.15) is 0 Å². The first-order valence-corrected chi connectivity index (χ1v) is 6.95. The summed E-state index contributed by atoms with van der Waals surface area (Å²) in [6, 6.07) is 13.1. The molecule has 1 amide bonds. The van der Waals surface area contributed by atoms with Gasteiger partial charge in [0.1, 0.15) is 5.75 Å². The molecule has 4 nitrogen and oxygen atoms in total. The second-order valence-electron chi connectivity index (χ2n) is 4.25. The Bertz CT molecular complexity index is 632. The van der Waals surface area contributed by atoms with Gasteiger partial charge >= 0.3 is 5.91 Å². The number of carbonyl (C=O) groups excluding carboxylic acids is 1. The Hall–Kier alpha value is -2.11. The summed E-state index contributed by atoms with van der Waals surface area (Å²) >= 11 is 1.60. The molecule has 104 valence electrons. The standard InChI is InChI=1S/C15H16N2O2S/c1-10-8-9-13(20-10)11(2)14(15(18)17-16)19-12-6-4-3-5-7-12/h3-9H,16H2,1-2H3,(H,17,18). The van der Waals surface area contributed by atoms with Crippen molar-refractivity contribution in [3.8, 4) is 5.75 Å². The molecular formula is C15H16N2O2S. The van der Waals surface area contributed by atoms with Crippen molar-refractivity contribution < 1.29 is 9.53 Å². The minimum atomic E-state index is -0.447. The number of amides is 1. The van der Waals surface area contributed by atoms with Gasteiger partial charge in [0.2, 0.25) is 0 Å². The Morgan fingerprint density at radius 1 is 1.20 bits per heavy atom. The molecule has 0 aliphatic rings. The molecule has 0 spiro atoms. The molecule has 20 heavy (non-hydrogen) atoms. The van der Waals surface area contributed by atoms with E-state index in [1.807, 2.05) is 44.2 Å². The minimum Gasteiger partial charge on any atom is -0.451 e. The summed E-state index contributed by atoms with van der Waals surface area (Å²) in [7, 11) is 0. The van der Waals surface area contributed by atoms with Crippen LogP contribution in [-0.4, -0.2) is 5.91 Å². The predicted octanol–water partition coefficient (Wildman–Crippen LogP) is 2.86. The number of nitrogens with two attached hydrogens (primary N) is 1. The van der Waals surface area contributed by atoms with Gasteiger partial charge in [0.15, 0.2) is 5.76 Å². The minimum absolute atomic E-state index is 0.209. The molecule has 2 rings (SSSR count). The van der Waals surface area contributed by atoms with E-state index in [4.69, 9.17) is 10.6 Å². The van der Waals surface area contributed by atoms with Gasteiger partial charge in [-0.05, 0) is 38.1 Å². The number of allylic oxidation sites excluding steroid dienone is 1. The Labute approximate surface area is 121 Å². The molecule has 1 heterocycles. The van der Waals surface area contributed by atoms with Crippen LogP contribution >= 0.6 is 11.3 Å². The van der Waals surface area contributed by atoms with Crippen molar-refractivity contribution in [2.24, 2.45) is 5.84 Å². The first-order valence-electron chi connectivity index (χ1n) is 6.13. The van der Waals surface area contributed by atoms with Gasteiger partial charge in [-0.15, -0.1) is 11.3 Å². The van der Waals surface area contributed by atoms with Crippen molar-refractivity contribution in [3.05, 3.63) is 58.0 Å². The Morgan fingerprint density at radius 2 is 1.90 bits per heavy atom. The van der Waals surface area contributed by atoms with Crippen LogP contribution < -0.4 is 16.0 Å². The highest BCUT2D eigenvalue weighted by molar-refractivity contribution is 7.13. The maximum atomic E-state index is 11.9. The van der Waals surface area contributed by atoms with Gasteiger partial charge in [0.25, 0.3) is 0 Å². The second-order valence-corrected chi connectivity index (χ2v) is 5.54. The maximum Gasteiger partial charge on any atom is 0.301 e. The molecular weight excluding hydrogens is 272 g/mol. The Balaban J connectivity index is 2.39. The normalized spacial score (nSPS) is 11.8. The van der Waals surface area contributed by atoms with E-state index in [0.29, 0.717) is 5.75 Å². The molecule has 0 bridgehead atoms. The molecule has 0 fully saturated rings. The lowest BCUT2D eigenvalue weighted by Gasteiger charge is -2.11. The van der Waals surface area contributed by atoms with E-state index in [2.05, 4.69) is 5.43 Å². The number of para-hydroxylation sites is 1. The highest BCUT2D eigenvalue weighted by Crippen LogP contribution is 2.27. The zero-order chi connectivity index (χ0) is 14.5. The molecule has 0 saturated heterocycles. The number of rotatable bonds is 4. The fourth-order valence-corrected chi connectivity index (χ4v) is 2.58. The highest BCUT2D eigenvalue weighted by atomic mass is 32.1. The van der Waals surface area contributed by atoms with Crippen LogP contribution in [0.5, 0.6) is 5.75 Å². The molecule has 0 aliphatic heterocycles. The van der Waals surface area contributed by atoms with Gasteiger partial charge < -0.3 is 4.74 Å². The third-order valence-electron chi connectivity index (χ3n) is 2.75. The third kappa shape index (κ3) is 3.26. The fourth-order valence-electron chi connectivity index (χ4n) is 1.71. The van der Waals surface area contributed by atoms with E-state index in [1.54, 1.807) is 23.5 Å². The smallest absolute Gasteiger partial charge is 0.301 e. The lowest BCUT2D eigenvalue weighted by molar-refractivity contribution is -0.119. The molecule has 0 radical (unpaired) electrons. The van der Waals surface area contributed by atoms with E-state index in [9.17, 15) is 4.79 Å². The SMILES string of the molecule is CC(=C(Oc1ccccc1)C(=O)NN)c1ccc(C)s1. The number of aryl methyl sites for hydroxylation is 1. The maximum absolute atomic E-state index is 11.9. The van der Waals surface area contributed by atoms with Crippen LogP contribution in [0, 0.1) is 6.92 Å². The molecule has 0 atom stereocenters. The molecule has 0 unspecified atom stereocenters. The zero-order valence-corrected chi connectivity index (χ0v) is 12.2. The zero-order valence-electron chi connectivity index (χ0n) is 11.3. The second kappa shape index (κ2) is 6.36. The molecule has 5 heteroatoms. The summed E-state index contributed by atoms with van der Waals surface area (Å²) in [4.78, 5) is 14.1. The Morgan fingerprint density at radius 3 is 2.45 bits per heavy atom. The summed E-state index contributed by atoms with van der Waals surface area (Å²) < 4.78 is 5.69. The quantitative estimate of drug-likeness (QED) is 0.299. The number of hydrazine groups is 1. The fraction of sp³-hybridized carbons (Fsp3) is 0.133. The van der Waals surface area contributed by atoms with E-state index in [1.165, 1.54) is 4.88 Å². The molecule has 2 aromatic rings. The number of nitrogens with one attached hydrogen (secondary N) is 1. The third-order valence-corrected chi connectivity index (χ3v) is 3.87. The number of hydrogen-bond acceptors (Lipinski definition) is 4. The highest BCUT2D eigenvalue weighted by Gasteiger charge is 2.17. The topological polar surface area (TPSA) is 64.3 Å². The molecule has 0 aliphatic carbocycles. The number of ether oxygens (including phenoxy) is 1. The van der Waals surface area contributed by atoms with Crippen LogP contribution in [0.15, 0.2) is 48.2 Å². The first kappa shape index (κ1) is 14.3. The number of carbonyl (C=O) groups is 1. The summed E-state index contributed by atoms with van der Waals surface area (Å²) in [5.41, 5.74) is 2.88.